The normalized spacial score (nSPS) is 25.0. The number of nitrogens with zero attached hydrogens (tertiary/aromatic N) is 1. The van der Waals surface area contributed by atoms with Crippen LogP contribution >= 0.6 is 0 Å². The molecular weight excluding hydrogens is 146 g/mol. The number of hydrogen-bond acceptors (Lipinski definition) is 1. The Hall–Kier alpha value is -0.0400. The zero-order valence-electron chi connectivity index (χ0n) is 9.65. The summed E-state index contributed by atoms with van der Waals surface area (Å²) in [6.45, 7) is 12.3. The van der Waals surface area contributed by atoms with Gasteiger partial charge in [-0.2, -0.15) is 0 Å². The second-order valence-electron chi connectivity index (χ2n) is 4.50. The van der Waals surface area contributed by atoms with Crippen molar-refractivity contribution in [1.82, 2.24) is 4.90 Å². The molecular formula is C11H25N. The van der Waals surface area contributed by atoms with Gasteiger partial charge in [-0.15, -0.1) is 0 Å². The number of rotatable bonds is 0. The highest BCUT2D eigenvalue weighted by atomic mass is 15.2. The van der Waals surface area contributed by atoms with Crippen LogP contribution in [0.2, 0.25) is 0 Å². The van der Waals surface area contributed by atoms with Crippen molar-refractivity contribution in [3.8, 4) is 0 Å². The quantitative estimate of drug-likeness (QED) is 0.541. The predicted octanol–water partition coefficient (Wildman–Crippen LogP) is 3.15. The van der Waals surface area contributed by atoms with Crippen molar-refractivity contribution in [2.75, 3.05) is 13.6 Å². The van der Waals surface area contributed by atoms with Gasteiger partial charge >= 0.3 is 0 Å². The van der Waals surface area contributed by atoms with E-state index in [2.05, 4.69) is 32.7 Å². The van der Waals surface area contributed by atoms with Crippen molar-refractivity contribution in [3.05, 3.63) is 0 Å². The molecule has 1 heterocycles. The summed E-state index contributed by atoms with van der Waals surface area (Å²) in [5.74, 6) is 0. The van der Waals surface area contributed by atoms with E-state index < -0.39 is 0 Å². The molecule has 0 aromatic carbocycles. The van der Waals surface area contributed by atoms with Gasteiger partial charge in [-0.3, -0.25) is 0 Å². The Balaban J connectivity index is 0.000000561. The van der Waals surface area contributed by atoms with Crippen LogP contribution in [-0.2, 0) is 0 Å². The molecule has 0 aromatic rings. The van der Waals surface area contributed by atoms with Gasteiger partial charge in [0.05, 0.1) is 0 Å². The van der Waals surface area contributed by atoms with Gasteiger partial charge in [0, 0.05) is 6.04 Å². The van der Waals surface area contributed by atoms with E-state index in [0.717, 1.165) is 6.04 Å². The van der Waals surface area contributed by atoms with Gasteiger partial charge in [0.15, 0.2) is 0 Å². The average Bonchev–Trinajstić information content (AvgIpc) is 2.38. The summed E-state index contributed by atoms with van der Waals surface area (Å²) in [4.78, 5) is 2.49. The summed E-state index contributed by atoms with van der Waals surface area (Å²) in [7, 11) is 2.24. The van der Waals surface area contributed by atoms with E-state index in [9.17, 15) is 0 Å². The van der Waals surface area contributed by atoms with E-state index in [1.54, 1.807) is 0 Å². The van der Waals surface area contributed by atoms with Crippen LogP contribution in [0.15, 0.2) is 0 Å². The molecule has 1 heteroatoms. The van der Waals surface area contributed by atoms with Gasteiger partial charge in [-0.05, 0) is 31.8 Å². The smallest absolute Gasteiger partial charge is 0.0141 e. The molecule has 0 bridgehead atoms. The van der Waals surface area contributed by atoms with Gasteiger partial charge < -0.3 is 4.90 Å². The minimum absolute atomic E-state index is 0.477. The highest BCUT2D eigenvalue weighted by Gasteiger charge is 2.31. The van der Waals surface area contributed by atoms with E-state index in [4.69, 9.17) is 0 Å². The number of hydrogen-bond donors (Lipinski definition) is 0. The Labute approximate surface area is 78.1 Å². The molecule has 0 aliphatic carbocycles. The molecule has 1 nitrogen and oxygen atoms in total. The van der Waals surface area contributed by atoms with E-state index in [1.165, 1.54) is 19.4 Å². The summed E-state index contributed by atoms with van der Waals surface area (Å²) >= 11 is 0. The molecule has 0 N–H and O–H groups in total. The molecule has 74 valence electrons. The first-order valence-electron chi connectivity index (χ1n) is 5.22. The van der Waals surface area contributed by atoms with Crippen LogP contribution in [0.4, 0.5) is 0 Å². The summed E-state index contributed by atoms with van der Waals surface area (Å²) in [5.41, 5.74) is 0.477. The fraction of sp³-hybridized carbons (Fsp3) is 1.00. The Morgan fingerprint density at radius 2 is 1.67 bits per heavy atom. The van der Waals surface area contributed by atoms with Crippen molar-refractivity contribution in [3.63, 3.8) is 0 Å². The Morgan fingerprint density at radius 1 is 1.17 bits per heavy atom. The van der Waals surface area contributed by atoms with Crippen molar-refractivity contribution < 1.29 is 0 Å². The van der Waals surface area contributed by atoms with Crippen molar-refractivity contribution in [2.24, 2.45) is 5.41 Å². The first-order valence-corrected chi connectivity index (χ1v) is 5.22. The highest BCUT2D eigenvalue weighted by molar-refractivity contribution is 4.85. The number of likely N-dealkylation sites (tertiary alicyclic amines) is 1. The molecule has 12 heavy (non-hydrogen) atoms. The van der Waals surface area contributed by atoms with Crippen LogP contribution < -0.4 is 0 Å². The minimum atomic E-state index is 0.477. The maximum absolute atomic E-state index is 2.49. The van der Waals surface area contributed by atoms with Crippen LogP contribution in [0.5, 0.6) is 0 Å². The van der Waals surface area contributed by atoms with E-state index in [0.29, 0.717) is 5.41 Å². The van der Waals surface area contributed by atoms with Crippen LogP contribution in [0, 0.1) is 5.41 Å². The van der Waals surface area contributed by atoms with Crippen LogP contribution in [0.1, 0.15) is 47.5 Å². The lowest BCUT2D eigenvalue weighted by atomic mass is 9.85. The van der Waals surface area contributed by atoms with Crippen LogP contribution in [0.3, 0.4) is 0 Å². The molecule has 1 atom stereocenters. The first-order chi connectivity index (χ1) is 5.52. The molecule has 1 aliphatic rings. The molecule has 0 radical (unpaired) electrons. The first kappa shape index (κ1) is 12.0. The lowest BCUT2D eigenvalue weighted by Gasteiger charge is -2.32. The maximum Gasteiger partial charge on any atom is 0.0141 e. The highest BCUT2D eigenvalue weighted by Crippen LogP contribution is 2.30. The van der Waals surface area contributed by atoms with Crippen molar-refractivity contribution in [1.29, 1.82) is 0 Å². The molecule has 0 spiro atoms. The Kier molecular flexibility index (Phi) is 4.84. The second-order valence-corrected chi connectivity index (χ2v) is 4.50. The van der Waals surface area contributed by atoms with E-state index >= 15 is 0 Å². The molecule has 0 aromatic heterocycles. The van der Waals surface area contributed by atoms with Crippen molar-refractivity contribution in [2.45, 2.75) is 53.5 Å². The molecule has 1 saturated heterocycles. The predicted molar refractivity (Wildman–Crippen MR) is 56.5 cm³/mol. The summed E-state index contributed by atoms with van der Waals surface area (Å²) in [6, 6.07) is 0.812. The zero-order valence-corrected chi connectivity index (χ0v) is 9.65. The van der Waals surface area contributed by atoms with Gasteiger partial charge in [0.2, 0.25) is 0 Å². The van der Waals surface area contributed by atoms with E-state index in [-0.39, 0.29) is 0 Å². The lowest BCUT2D eigenvalue weighted by molar-refractivity contribution is 0.169. The summed E-state index contributed by atoms with van der Waals surface area (Å²) in [6.07, 6.45) is 2.78. The standard InChI is InChI=1S/C9H19N.C2H6/c1-9(2,3)8-6-5-7-10(8)4;1-2/h8H,5-7H2,1-4H3;1-2H3. The lowest BCUT2D eigenvalue weighted by Crippen LogP contribution is -2.36. The SMILES string of the molecule is CC.CN1CCCC1C(C)(C)C. The summed E-state index contributed by atoms with van der Waals surface area (Å²) in [5, 5.41) is 0. The molecule has 1 unspecified atom stereocenters. The minimum Gasteiger partial charge on any atom is -0.303 e. The third kappa shape index (κ3) is 3.14. The average molecular weight is 171 g/mol. The molecule has 1 fully saturated rings. The van der Waals surface area contributed by atoms with Crippen molar-refractivity contribution >= 4 is 0 Å². The van der Waals surface area contributed by atoms with E-state index in [1.807, 2.05) is 13.8 Å². The topological polar surface area (TPSA) is 3.24 Å². The zero-order chi connectivity index (χ0) is 9.78. The van der Waals surface area contributed by atoms with Crippen LogP contribution in [0.25, 0.3) is 0 Å². The third-order valence-corrected chi connectivity index (χ3v) is 2.52. The fourth-order valence-electron chi connectivity index (χ4n) is 2.00. The molecule has 0 amide bonds. The fourth-order valence-corrected chi connectivity index (χ4v) is 2.00. The molecule has 0 saturated carbocycles. The third-order valence-electron chi connectivity index (χ3n) is 2.52. The van der Waals surface area contributed by atoms with Gasteiger partial charge in [0.25, 0.3) is 0 Å². The Bertz CT molecular complexity index is 113. The summed E-state index contributed by atoms with van der Waals surface area (Å²) < 4.78 is 0. The molecule has 1 rings (SSSR count). The van der Waals surface area contributed by atoms with Gasteiger partial charge in [-0.25, -0.2) is 0 Å². The monoisotopic (exact) mass is 171 g/mol. The Morgan fingerprint density at radius 3 is 1.83 bits per heavy atom. The largest absolute Gasteiger partial charge is 0.303 e. The second kappa shape index (κ2) is 4.86. The molecule has 1 aliphatic heterocycles. The maximum atomic E-state index is 2.49. The van der Waals surface area contributed by atoms with Gasteiger partial charge in [-0.1, -0.05) is 34.6 Å². The van der Waals surface area contributed by atoms with Gasteiger partial charge in [0.1, 0.15) is 0 Å². The van der Waals surface area contributed by atoms with Crippen LogP contribution in [-0.4, -0.2) is 24.5 Å².